The van der Waals surface area contributed by atoms with Crippen LogP contribution in [0.2, 0.25) is 0 Å². The van der Waals surface area contributed by atoms with E-state index in [0.29, 0.717) is 25.3 Å². The summed E-state index contributed by atoms with van der Waals surface area (Å²) in [5.74, 6) is -0.335. The van der Waals surface area contributed by atoms with Crippen molar-refractivity contribution < 1.29 is 14.8 Å². The smallest absolute Gasteiger partial charge is 0.338 e. The number of hydrogen-bond donors (Lipinski definition) is 3. The summed E-state index contributed by atoms with van der Waals surface area (Å²) in [4.78, 5) is 36.4. The van der Waals surface area contributed by atoms with Crippen LogP contribution in [-0.2, 0) is 0 Å². The van der Waals surface area contributed by atoms with Gasteiger partial charge in [-0.1, -0.05) is 0 Å². The quantitative estimate of drug-likeness (QED) is 0.321. The molecule has 0 radical (unpaired) electrons. The molecule has 3 N–H and O–H groups in total. The largest absolute Gasteiger partial charge is 0.478 e. The molecule has 212 valence electrons. The lowest BCUT2D eigenvalue weighted by atomic mass is 10.0. The highest BCUT2D eigenvalue weighted by Gasteiger charge is 2.33. The van der Waals surface area contributed by atoms with Gasteiger partial charge in [-0.05, 0) is 69.2 Å². The van der Waals surface area contributed by atoms with E-state index in [-0.39, 0.29) is 17.3 Å². The summed E-state index contributed by atoms with van der Waals surface area (Å²) < 4.78 is 0. The number of carboxylic acids is 1. The Morgan fingerprint density at radius 3 is 2.10 bits per heavy atom. The van der Waals surface area contributed by atoms with Crippen molar-refractivity contribution in [1.82, 2.24) is 20.6 Å². The van der Waals surface area contributed by atoms with Gasteiger partial charge in [0, 0.05) is 69.3 Å². The summed E-state index contributed by atoms with van der Waals surface area (Å²) in [6, 6.07) is 11.8. The van der Waals surface area contributed by atoms with E-state index in [0.717, 1.165) is 66.3 Å². The van der Waals surface area contributed by atoms with Crippen molar-refractivity contribution in [1.29, 1.82) is 0 Å². The lowest BCUT2D eigenvalue weighted by Gasteiger charge is -2.43. The number of aromatic carboxylic acids is 1. The van der Waals surface area contributed by atoms with Crippen molar-refractivity contribution in [3.63, 3.8) is 0 Å². The number of anilines is 2. The number of aryl methyl sites for hydroxylation is 4. The summed E-state index contributed by atoms with van der Waals surface area (Å²) in [5, 5.41) is 27.6. The number of non-ortho nitro benzene ring substituents is 1. The van der Waals surface area contributed by atoms with Gasteiger partial charge in [0.25, 0.3) is 5.69 Å². The third-order valence-electron chi connectivity index (χ3n) is 6.94. The normalized spacial score (nSPS) is 17.1. The van der Waals surface area contributed by atoms with E-state index >= 15 is 0 Å². The molecule has 1 atom stereocenters. The fourth-order valence-corrected chi connectivity index (χ4v) is 5.22. The number of hydrogen-bond acceptors (Lipinski definition) is 9. The fraction of sp³-hybridized carbons (Fsp3) is 0.414. The molecule has 2 fully saturated rings. The number of benzene rings is 1. The molecule has 40 heavy (non-hydrogen) atoms. The van der Waals surface area contributed by atoms with Gasteiger partial charge in [-0.3, -0.25) is 15.1 Å². The van der Waals surface area contributed by atoms with Crippen molar-refractivity contribution in [2.45, 2.75) is 33.7 Å². The van der Waals surface area contributed by atoms with E-state index in [4.69, 9.17) is 9.97 Å². The van der Waals surface area contributed by atoms with Crippen LogP contribution in [0, 0.1) is 37.8 Å². The van der Waals surface area contributed by atoms with Crippen LogP contribution in [0.1, 0.15) is 44.6 Å². The number of pyridine rings is 2. The van der Waals surface area contributed by atoms with Gasteiger partial charge in [0.1, 0.15) is 5.82 Å². The molecule has 0 saturated carbocycles. The van der Waals surface area contributed by atoms with Gasteiger partial charge >= 0.3 is 5.97 Å². The van der Waals surface area contributed by atoms with Gasteiger partial charge in [0.05, 0.1) is 27.9 Å². The van der Waals surface area contributed by atoms with E-state index in [1.54, 1.807) is 0 Å². The second-order valence-corrected chi connectivity index (χ2v) is 10.3. The summed E-state index contributed by atoms with van der Waals surface area (Å²) in [6.07, 6.45) is 0. The van der Waals surface area contributed by atoms with E-state index < -0.39 is 10.9 Å². The van der Waals surface area contributed by atoms with Crippen LogP contribution < -0.4 is 20.4 Å². The van der Waals surface area contributed by atoms with Crippen molar-refractivity contribution in [2.24, 2.45) is 0 Å². The van der Waals surface area contributed by atoms with Crippen LogP contribution in [0.4, 0.5) is 17.2 Å². The second-order valence-electron chi connectivity index (χ2n) is 10.3. The summed E-state index contributed by atoms with van der Waals surface area (Å²) in [6.45, 7) is 14.2. The lowest BCUT2D eigenvalue weighted by molar-refractivity contribution is -0.384. The number of nitrogens with zero attached hydrogens (tertiary/aromatic N) is 5. The standard InChI is InChI=1S/C25H27N5O4.C4H10N2/c1-15-9-17(3)26-21(11-15)23-14-28(24-12-16(2)10-18(4)27-24)7-8-29(23)22-6-5-19(30(33)34)13-20(22)25(31)32;1-2-6-4-3-5-1/h5-6,9-13,23H,7-8,14H2,1-4H3,(H,31,32);5-6H,1-4H2. The Balaban J connectivity index is 0.000000546. The monoisotopic (exact) mass is 547 g/mol. The maximum absolute atomic E-state index is 12.1. The molecule has 2 aliphatic heterocycles. The molecule has 11 heteroatoms. The topological polar surface area (TPSA) is 137 Å². The van der Waals surface area contributed by atoms with Crippen molar-refractivity contribution >= 4 is 23.2 Å². The van der Waals surface area contributed by atoms with Crippen molar-refractivity contribution in [2.75, 3.05) is 55.6 Å². The Morgan fingerprint density at radius 1 is 0.925 bits per heavy atom. The minimum atomic E-state index is -1.20. The molecular weight excluding hydrogens is 510 g/mol. The van der Waals surface area contributed by atoms with Gasteiger partial charge in [0.2, 0.25) is 0 Å². The molecule has 0 amide bonds. The summed E-state index contributed by atoms with van der Waals surface area (Å²) in [5.41, 5.74) is 4.90. The first kappa shape index (κ1) is 28.9. The first-order valence-corrected chi connectivity index (χ1v) is 13.5. The predicted molar refractivity (Wildman–Crippen MR) is 156 cm³/mol. The van der Waals surface area contributed by atoms with Gasteiger partial charge in [-0.25, -0.2) is 9.78 Å². The number of aromatic nitrogens is 2. The number of carbonyl (C=O) groups is 1. The van der Waals surface area contributed by atoms with Crippen LogP contribution in [0.25, 0.3) is 0 Å². The van der Waals surface area contributed by atoms with Crippen LogP contribution in [0.15, 0.2) is 42.5 Å². The van der Waals surface area contributed by atoms with Crippen LogP contribution in [0.3, 0.4) is 0 Å². The highest BCUT2D eigenvalue weighted by atomic mass is 16.6. The first-order valence-electron chi connectivity index (χ1n) is 13.5. The molecule has 11 nitrogen and oxygen atoms in total. The summed E-state index contributed by atoms with van der Waals surface area (Å²) in [7, 11) is 0. The highest BCUT2D eigenvalue weighted by Crippen LogP contribution is 2.35. The third kappa shape index (κ3) is 7.10. The number of rotatable bonds is 5. The maximum Gasteiger partial charge on any atom is 0.338 e. The number of nitrogens with one attached hydrogen (secondary N) is 2. The molecule has 2 aliphatic rings. The number of piperazine rings is 2. The zero-order valence-corrected chi connectivity index (χ0v) is 23.5. The molecule has 2 aromatic heterocycles. The second kappa shape index (κ2) is 12.8. The molecule has 4 heterocycles. The van der Waals surface area contributed by atoms with Crippen molar-refractivity contribution in [3.05, 3.63) is 86.4 Å². The Hall–Kier alpha value is -4.09. The SMILES string of the molecule is C1CNCCN1.Cc1cc(C)nc(C2CN(c3cc(C)cc(C)n3)CCN2c2ccc([N+](=O)[O-])cc2C(=O)O)c1. The minimum Gasteiger partial charge on any atom is -0.478 e. The molecule has 5 rings (SSSR count). The minimum absolute atomic E-state index is 0.0958. The average Bonchev–Trinajstić information content (AvgIpc) is 2.92. The maximum atomic E-state index is 12.1. The number of nitro benzene ring substituents is 1. The Bertz CT molecular complexity index is 1320. The molecule has 0 aliphatic carbocycles. The van der Waals surface area contributed by atoms with Gasteiger partial charge in [-0.2, -0.15) is 0 Å². The zero-order valence-electron chi connectivity index (χ0n) is 23.5. The zero-order chi connectivity index (χ0) is 28.8. The summed E-state index contributed by atoms with van der Waals surface area (Å²) >= 11 is 0. The highest BCUT2D eigenvalue weighted by molar-refractivity contribution is 5.95. The molecule has 1 unspecified atom stereocenters. The van der Waals surface area contributed by atoms with Crippen LogP contribution in [-0.4, -0.2) is 71.8 Å². The van der Waals surface area contributed by atoms with Crippen LogP contribution >= 0.6 is 0 Å². The number of carboxylic acid groups (broad SMARTS) is 1. The molecule has 0 spiro atoms. The van der Waals surface area contributed by atoms with E-state index in [9.17, 15) is 20.0 Å². The fourth-order valence-electron chi connectivity index (χ4n) is 5.22. The molecule has 3 aromatic rings. The molecular formula is C29H37N7O4. The van der Waals surface area contributed by atoms with E-state index in [1.807, 2.05) is 56.9 Å². The Morgan fingerprint density at radius 2 is 1.55 bits per heavy atom. The molecule has 2 saturated heterocycles. The van der Waals surface area contributed by atoms with E-state index in [2.05, 4.69) is 15.5 Å². The van der Waals surface area contributed by atoms with Crippen LogP contribution in [0.5, 0.6) is 0 Å². The average molecular weight is 548 g/mol. The predicted octanol–water partition coefficient (Wildman–Crippen LogP) is 3.56. The molecule has 0 bridgehead atoms. The lowest BCUT2D eigenvalue weighted by Crippen LogP contribution is -2.49. The van der Waals surface area contributed by atoms with Gasteiger partial charge < -0.3 is 25.5 Å². The first-order chi connectivity index (χ1) is 19.1. The van der Waals surface area contributed by atoms with Gasteiger partial charge in [-0.15, -0.1) is 0 Å². The molecule has 1 aromatic carbocycles. The Kier molecular flexibility index (Phi) is 9.28. The van der Waals surface area contributed by atoms with Gasteiger partial charge in [0.15, 0.2) is 0 Å². The third-order valence-corrected chi connectivity index (χ3v) is 6.94. The van der Waals surface area contributed by atoms with Crippen molar-refractivity contribution in [3.8, 4) is 0 Å². The Labute approximate surface area is 234 Å². The number of nitro groups is 1. The van der Waals surface area contributed by atoms with E-state index in [1.165, 1.54) is 12.1 Å².